The van der Waals surface area contributed by atoms with Crippen LogP contribution in [0.25, 0.3) is 0 Å². The number of ether oxygens (including phenoxy) is 1. The van der Waals surface area contributed by atoms with E-state index in [0.29, 0.717) is 31.4 Å². The van der Waals surface area contributed by atoms with Crippen LogP contribution in [0.4, 0.5) is 5.82 Å². The lowest BCUT2D eigenvalue weighted by molar-refractivity contribution is 0.205. The average Bonchev–Trinajstić information content (AvgIpc) is 2.37. The smallest absolute Gasteiger partial charge is 0.293 e. The van der Waals surface area contributed by atoms with E-state index in [1.54, 1.807) is 24.1 Å². The summed E-state index contributed by atoms with van der Waals surface area (Å²) in [5.74, 6) is 0.927. The van der Waals surface area contributed by atoms with Crippen molar-refractivity contribution in [2.24, 2.45) is 5.92 Å². The summed E-state index contributed by atoms with van der Waals surface area (Å²) in [5.41, 5.74) is -0.0340. The van der Waals surface area contributed by atoms with E-state index in [-0.39, 0.29) is 5.56 Å². The van der Waals surface area contributed by atoms with Crippen molar-refractivity contribution in [3.05, 3.63) is 22.7 Å². The Kier molecular flexibility index (Phi) is 7.09. The second-order valence-corrected chi connectivity index (χ2v) is 5.56. The minimum Gasteiger partial charge on any atom is -0.383 e. The molecule has 0 spiro atoms. The zero-order valence-electron chi connectivity index (χ0n) is 11.8. The molecule has 0 N–H and O–H groups in total. The molecule has 0 saturated heterocycles. The van der Waals surface area contributed by atoms with Crippen LogP contribution in [-0.2, 0) is 11.3 Å². The van der Waals surface area contributed by atoms with E-state index >= 15 is 0 Å². The predicted molar refractivity (Wildman–Crippen MR) is 81.2 cm³/mol. The van der Waals surface area contributed by atoms with E-state index in [9.17, 15) is 4.79 Å². The van der Waals surface area contributed by atoms with Gasteiger partial charge in [0.05, 0.1) is 6.61 Å². The molecule has 1 heterocycles. The van der Waals surface area contributed by atoms with E-state index in [4.69, 9.17) is 4.74 Å². The molecule has 0 saturated carbocycles. The molecule has 5 nitrogen and oxygen atoms in total. The number of hydrogen-bond acceptors (Lipinski definition) is 4. The van der Waals surface area contributed by atoms with Crippen molar-refractivity contribution >= 4 is 21.7 Å². The molecule has 1 aromatic heterocycles. The largest absolute Gasteiger partial charge is 0.383 e. The highest BCUT2D eigenvalue weighted by Gasteiger charge is 2.13. The minimum atomic E-state index is -0.0340. The molecule has 0 aliphatic carbocycles. The topological polar surface area (TPSA) is 47.4 Å². The molecule has 19 heavy (non-hydrogen) atoms. The maximum absolute atomic E-state index is 12.4. The second-order valence-electron chi connectivity index (χ2n) is 4.77. The molecule has 1 rings (SSSR count). The molecular weight excluding hydrogens is 310 g/mol. The Morgan fingerprint density at radius 1 is 1.47 bits per heavy atom. The Labute approximate surface area is 122 Å². The molecule has 0 atom stereocenters. The fraction of sp³-hybridized carbons (Fsp3) is 0.692. The molecule has 0 amide bonds. The zero-order valence-corrected chi connectivity index (χ0v) is 13.4. The Morgan fingerprint density at radius 3 is 2.79 bits per heavy atom. The Balaban J connectivity index is 2.98. The molecule has 1 aromatic rings. The van der Waals surface area contributed by atoms with Gasteiger partial charge in [0.2, 0.25) is 0 Å². The molecule has 6 heteroatoms. The van der Waals surface area contributed by atoms with Gasteiger partial charge in [-0.15, -0.1) is 0 Å². The summed E-state index contributed by atoms with van der Waals surface area (Å²) in [4.78, 5) is 18.6. The van der Waals surface area contributed by atoms with E-state index in [1.807, 2.05) is 4.90 Å². The summed E-state index contributed by atoms with van der Waals surface area (Å²) in [5, 5.41) is 0.789. The molecule has 0 aromatic carbocycles. The fourth-order valence-electron chi connectivity index (χ4n) is 1.82. The van der Waals surface area contributed by atoms with E-state index in [2.05, 4.69) is 34.8 Å². The van der Waals surface area contributed by atoms with Crippen LogP contribution < -0.4 is 10.5 Å². The van der Waals surface area contributed by atoms with Gasteiger partial charge in [-0.2, -0.15) is 0 Å². The van der Waals surface area contributed by atoms with Crippen molar-refractivity contribution in [2.75, 3.05) is 37.0 Å². The Morgan fingerprint density at radius 2 is 2.21 bits per heavy atom. The van der Waals surface area contributed by atoms with Crippen molar-refractivity contribution in [3.8, 4) is 0 Å². The molecule has 108 valence electrons. The van der Waals surface area contributed by atoms with Crippen LogP contribution in [0.15, 0.2) is 17.2 Å². The van der Waals surface area contributed by atoms with Crippen LogP contribution in [0.3, 0.4) is 0 Å². The molecule has 0 aliphatic rings. The number of halogens is 1. The van der Waals surface area contributed by atoms with Crippen LogP contribution >= 0.6 is 15.9 Å². The van der Waals surface area contributed by atoms with Gasteiger partial charge in [0.25, 0.3) is 5.56 Å². The first-order valence-electron chi connectivity index (χ1n) is 6.45. The Hall–Kier alpha value is -0.880. The number of alkyl halides is 1. The van der Waals surface area contributed by atoms with Gasteiger partial charge >= 0.3 is 0 Å². The summed E-state index contributed by atoms with van der Waals surface area (Å²) in [7, 11) is 1.65. The third kappa shape index (κ3) is 4.95. The highest BCUT2D eigenvalue weighted by molar-refractivity contribution is 9.09. The highest BCUT2D eigenvalue weighted by Crippen LogP contribution is 2.05. The standard InChI is InChI=1S/C13H22BrN3O2/c1-11(2)10-17-7-5-15-12(13(17)18)16(6-4-14)8-9-19-3/h5,7,11H,4,6,8-10H2,1-3H3. The highest BCUT2D eigenvalue weighted by atomic mass is 79.9. The van der Waals surface area contributed by atoms with E-state index in [1.165, 1.54) is 0 Å². The molecular formula is C13H22BrN3O2. The van der Waals surface area contributed by atoms with Gasteiger partial charge in [0, 0.05) is 44.5 Å². The number of rotatable bonds is 8. The van der Waals surface area contributed by atoms with Crippen molar-refractivity contribution in [3.63, 3.8) is 0 Å². The third-order valence-electron chi connectivity index (χ3n) is 2.68. The van der Waals surface area contributed by atoms with Crippen LogP contribution in [0, 0.1) is 5.92 Å². The first kappa shape index (κ1) is 16.2. The first-order valence-corrected chi connectivity index (χ1v) is 7.57. The van der Waals surface area contributed by atoms with Gasteiger partial charge in [0.15, 0.2) is 5.82 Å². The van der Waals surface area contributed by atoms with Crippen LogP contribution in [-0.4, -0.2) is 41.7 Å². The number of methoxy groups -OCH3 is 1. The lowest BCUT2D eigenvalue weighted by Crippen LogP contribution is -2.37. The summed E-state index contributed by atoms with van der Waals surface area (Å²) >= 11 is 3.40. The summed E-state index contributed by atoms with van der Waals surface area (Å²) < 4.78 is 6.80. The van der Waals surface area contributed by atoms with Gasteiger partial charge in [-0.25, -0.2) is 4.98 Å². The average molecular weight is 332 g/mol. The van der Waals surface area contributed by atoms with Gasteiger partial charge in [-0.3, -0.25) is 4.79 Å². The van der Waals surface area contributed by atoms with Crippen molar-refractivity contribution < 1.29 is 4.74 Å². The van der Waals surface area contributed by atoms with Crippen LogP contribution in [0.5, 0.6) is 0 Å². The normalized spacial score (nSPS) is 11.0. The number of hydrogen-bond donors (Lipinski definition) is 0. The number of anilines is 1. The maximum atomic E-state index is 12.4. The zero-order chi connectivity index (χ0) is 14.3. The van der Waals surface area contributed by atoms with Crippen LogP contribution in [0.1, 0.15) is 13.8 Å². The summed E-state index contributed by atoms with van der Waals surface area (Å²) in [6.07, 6.45) is 3.43. The maximum Gasteiger partial charge on any atom is 0.293 e. The molecule has 0 bridgehead atoms. The lowest BCUT2D eigenvalue weighted by Gasteiger charge is -2.22. The van der Waals surface area contributed by atoms with E-state index < -0.39 is 0 Å². The fourth-order valence-corrected chi connectivity index (χ4v) is 2.25. The SMILES string of the molecule is COCCN(CCBr)c1nccn(CC(C)C)c1=O. The monoisotopic (exact) mass is 331 g/mol. The van der Waals surface area contributed by atoms with Gasteiger partial charge in [-0.1, -0.05) is 29.8 Å². The Bertz CT molecular complexity index is 434. The molecule has 0 radical (unpaired) electrons. The van der Waals surface area contributed by atoms with Crippen LogP contribution in [0.2, 0.25) is 0 Å². The minimum absolute atomic E-state index is 0.0340. The van der Waals surface area contributed by atoms with Gasteiger partial charge in [-0.05, 0) is 5.92 Å². The van der Waals surface area contributed by atoms with Gasteiger partial charge in [0.1, 0.15) is 0 Å². The van der Waals surface area contributed by atoms with Crippen molar-refractivity contribution in [1.29, 1.82) is 0 Å². The lowest BCUT2D eigenvalue weighted by atomic mass is 10.2. The number of aromatic nitrogens is 2. The van der Waals surface area contributed by atoms with Crippen molar-refractivity contribution in [2.45, 2.75) is 20.4 Å². The molecule has 0 aliphatic heterocycles. The van der Waals surface area contributed by atoms with E-state index in [0.717, 1.165) is 11.9 Å². The van der Waals surface area contributed by atoms with Crippen molar-refractivity contribution in [1.82, 2.24) is 9.55 Å². The quantitative estimate of drug-likeness (QED) is 0.681. The number of nitrogens with zero attached hydrogens (tertiary/aromatic N) is 3. The first-order chi connectivity index (χ1) is 9.10. The summed E-state index contributed by atoms with van der Waals surface area (Å²) in [6.45, 7) is 6.86. The third-order valence-corrected chi connectivity index (χ3v) is 3.03. The predicted octanol–water partition coefficient (Wildman–Crippen LogP) is 1.75. The second kappa shape index (κ2) is 8.32. The molecule has 0 unspecified atom stereocenters. The summed E-state index contributed by atoms with van der Waals surface area (Å²) in [6, 6.07) is 0. The van der Waals surface area contributed by atoms with Gasteiger partial charge < -0.3 is 14.2 Å². The molecule has 0 fully saturated rings.